The van der Waals surface area contributed by atoms with Crippen molar-refractivity contribution in [2.75, 3.05) is 26.2 Å². The van der Waals surface area contributed by atoms with Crippen LogP contribution in [0.1, 0.15) is 30.0 Å². The molecule has 0 radical (unpaired) electrons. The van der Waals surface area contributed by atoms with Crippen molar-refractivity contribution in [2.45, 2.75) is 24.1 Å². The lowest BCUT2D eigenvalue weighted by Gasteiger charge is -2.35. The number of urea groups is 1. The Morgan fingerprint density at radius 2 is 1.36 bits per heavy atom. The number of hydrogen-bond donors (Lipinski definition) is 1. The molecule has 2 aromatic rings. The normalized spacial score (nSPS) is 18.2. The van der Waals surface area contributed by atoms with Gasteiger partial charge in [0.15, 0.2) is 0 Å². The number of amides is 2. The van der Waals surface area contributed by atoms with Crippen molar-refractivity contribution in [3.8, 4) is 0 Å². The molecule has 28 heavy (non-hydrogen) atoms. The van der Waals surface area contributed by atoms with Gasteiger partial charge in [-0.2, -0.15) is 4.31 Å². The SMILES string of the molecule is O=C(NC(c1ccccc1)c1ccccc1)N1CCN(S(=O)(=O)C2CC2)CC1. The summed E-state index contributed by atoms with van der Waals surface area (Å²) in [5, 5.41) is 2.93. The van der Waals surface area contributed by atoms with Crippen molar-refractivity contribution < 1.29 is 13.2 Å². The zero-order valence-electron chi connectivity index (χ0n) is 15.7. The average Bonchev–Trinajstić information content (AvgIpc) is 3.59. The van der Waals surface area contributed by atoms with Crippen LogP contribution in [-0.2, 0) is 10.0 Å². The highest BCUT2D eigenvalue weighted by atomic mass is 32.2. The van der Waals surface area contributed by atoms with Crippen LogP contribution in [0.4, 0.5) is 4.79 Å². The van der Waals surface area contributed by atoms with Crippen molar-refractivity contribution in [1.82, 2.24) is 14.5 Å². The van der Waals surface area contributed by atoms with Crippen LogP contribution < -0.4 is 5.32 Å². The van der Waals surface area contributed by atoms with E-state index in [1.807, 2.05) is 60.7 Å². The Kier molecular flexibility index (Phi) is 5.37. The highest BCUT2D eigenvalue weighted by Crippen LogP contribution is 2.31. The summed E-state index contributed by atoms with van der Waals surface area (Å²) >= 11 is 0. The summed E-state index contributed by atoms with van der Waals surface area (Å²) in [5.41, 5.74) is 2.02. The lowest BCUT2D eigenvalue weighted by Crippen LogP contribution is -2.54. The van der Waals surface area contributed by atoms with Gasteiger partial charge in [0, 0.05) is 26.2 Å². The summed E-state index contributed by atoms with van der Waals surface area (Å²) in [7, 11) is -3.17. The maximum absolute atomic E-state index is 12.9. The summed E-state index contributed by atoms with van der Waals surface area (Å²) in [4.78, 5) is 14.6. The van der Waals surface area contributed by atoms with Gasteiger partial charge in [0.1, 0.15) is 0 Å². The van der Waals surface area contributed by atoms with Gasteiger partial charge < -0.3 is 10.2 Å². The average molecular weight is 400 g/mol. The van der Waals surface area contributed by atoms with Crippen molar-refractivity contribution in [2.24, 2.45) is 0 Å². The third-order valence-corrected chi connectivity index (χ3v) is 7.76. The van der Waals surface area contributed by atoms with Crippen LogP contribution in [0.5, 0.6) is 0 Å². The molecule has 0 atom stereocenters. The number of hydrogen-bond acceptors (Lipinski definition) is 3. The third kappa shape index (κ3) is 4.05. The lowest BCUT2D eigenvalue weighted by molar-refractivity contribution is 0.170. The molecule has 2 aliphatic rings. The number of piperazine rings is 1. The van der Waals surface area contributed by atoms with Crippen LogP contribution in [0.3, 0.4) is 0 Å². The van der Waals surface area contributed by atoms with Gasteiger partial charge in [-0.1, -0.05) is 60.7 Å². The van der Waals surface area contributed by atoms with E-state index in [1.54, 1.807) is 9.21 Å². The largest absolute Gasteiger partial charge is 0.327 e. The first-order chi connectivity index (χ1) is 13.6. The zero-order chi connectivity index (χ0) is 19.6. The summed E-state index contributed by atoms with van der Waals surface area (Å²) in [6.45, 7) is 1.56. The number of nitrogens with zero attached hydrogens (tertiary/aromatic N) is 2. The van der Waals surface area contributed by atoms with Crippen LogP contribution in [0, 0.1) is 0 Å². The van der Waals surface area contributed by atoms with Crippen molar-refractivity contribution in [3.05, 3.63) is 71.8 Å². The number of rotatable bonds is 5. The van der Waals surface area contributed by atoms with Crippen molar-refractivity contribution >= 4 is 16.1 Å². The minimum absolute atomic E-state index is 0.166. The van der Waals surface area contributed by atoms with E-state index in [-0.39, 0.29) is 17.3 Å². The Morgan fingerprint density at radius 3 is 1.82 bits per heavy atom. The molecule has 1 heterocycles. The Labute approximate surface area is 166 Å². The van der Waals surface area contributed by atoms with E-state index >= 15 is 0 Å². The van der Waals surface area contributed by atoms with Gasteiger partial charge in [-0.15, -0.1) is 0 Å². The van der Waals surface area contributed by atoms with Gasteiger partial charge in [0.2, 0.25) is 10.0 Å². The van der Waals surface area contributed by atoms with E-state index in [2.05, 4.69) is 5.32 Å². The second-order valence-electron chi connectivity index (χ2n) is 7.33. The molecule has 0 bridgehead atoms. The fourth-order valence-electron chi connectivity index (χ4n) is 3.59. The fourth-order valence-corrected chi connectivity index (χ4v) is 5.41. The monoisotopic (exact) mass is 399 g/mol. The number of sulfonamides is 1. The first-order valence-corrected chi connectivity index (χ1v) is 11.2. The molecular weight excluding hydrogens is 374 g/mol. The zero-order valence-corrected chi connectivity index (χ0v) is 16.5. The Balaban J connectivity index is 1.44. The third-order valence-electron chi connectivity index (χ3n) is 5.36. The van der Waals surface area contributed by atoms with Gasteiger partial charge in [-0.25, -0.2) is 13.2 Å². The molecule has 2 aromatic carbocycles. The first kappa shape index (κ1) is 19.0. The molecule has 1 N–H and O–H groups in total. The topological polar surface area (TPSA) is 69.7 Å². The molecule has 1 saturated carbocycles. The van der Waals surface area contributed by atoms with Crippen molar-refractivity contribution in [1.29, 1.82) is 0 Å². The summed E-state index contributed by atoms with van der Waals surface area (Å²) in [5.74, 6) is 0. The second-order valence-corrected chi connectivity index (χ2v) is 9.55. The first-order valence-electron chi connectivity index (χ1n) is 9.70. The Hall–Kier alpha value is -2.38. The molecule has 4 rings (SSSR count). The number of carbonyl (C=O) groups is 1. The van der Waals surface area contributed by atoms with Crippen LogP contribution in [0.25, 0.3) is 0 Å². The molecule has 0 unspecified atom stereocenters. The molecule has 2 amide bonds. The molecule has 2 fully saturated rings. The standard InChI is InChI=1S/C21H25N3O3S/c25-21(23-13-15-24(16-14-23)28(26,27)19-11-12-19)22-20(17-7-3-1-4-8-17)18-9-5-2-6-10-18/h1-10,19-20H,11-16H2,(H,22,25). The van der Waals surface area contributed by atoms with Crippen LogP contribution in [0.2, 0.25) is 0 Å². The Bertz CT molecular complexity index is 867. The van der Waals surface area contributed by atoms with E-state index in [0.29, 0.717) is 26.2 Å². The molecule has 1 aliphatic heterocycles. The quantitative estimate of drug-likeness (QED) is 0.840. The van der Waals surface area contributed by atoms with Crippen LogP contribution in [0.15, 0.2) is 60.7 Å². The number of benzene rings is 2. The van der Waals surface area contributed by atoms with Gasteiger partial charge in [0.05, 0.1) is 11.3 Å². The lowest BCUT2D eigenvalue weighted by atomic mass is 9.99. The van der Waals surface area contributed by atoms with E-state index < -0.39 is 10.0 Å². The Morgan fingerprint density at radius 1 is 0.857 bits per heavy atom. The highest BCUT2D eigenvalue weighted by Gasteiger charge is 2.41. The maximum atomic E-state index is 12.9. The number of carbonyl (C=O) groups excluding carboxylic acids is 1. The van der Waals surface area contributed by atoms with E-state index in [9.17, 15) is 13.2 Å². The fraction of sp³-hybridized carbons (Fsp3) is 0.381. The van der Waals surface area contributed by atoms with Crippen molar-refractivity contribution in [3.63, 3.8) is 0 Å². The second kappa shape index (κ2) is 7.93. The minimum Gasteiger partial charge on any atom is -0.327 e. The smallest absolute Gasteiger partial charge is 0.318 e. The van der Waals surface area contributed by atoms with Crippen LogP contribution in [-0.4, -0.2) is 55.1 Å². The molecule has 6 nitrogen and oxygen atoms in total. The summed E-state index contributed by atoms with van der Waals surface area (Å²) in [6, 6.07) is 19.3. The van der Waals surface area contributed by atoms with E-state index in [4.69, 9.17) is 0 Å². The van der Waals surface area contributed by atoms with Gasteiger partial charge in [0.25, 0.3) is 0 Å². The molecule has 7 heteroatoms. The molecule has 148 valence electrons. The molecule has 0 spiro atoms. The van der Waals surface area contributed by atoms with E-state index in [1.165, 1.54) is 0 Å². The van der Waals surface area contributed by atoms with Gasteiger partial charge >= 0.3 is 6.03 Å². The minimum atomic E-state index is -3.17. The predicted molar refractivity (Wildman–Crippen MR) is 108 cm³/mol. The van der Waals surface area contributed by atoms with Crippen LogP contribution >= 0.6 is 0 Å². The summed E-state index contributed by atoms with van der Waals surface area (Å²) < 4.78 is 26.3. The molecule has 1 saturated heterocycles. The van der Waals surface area contributed by atoms with E-state index in [0.717, 1.165) is 24.0 Å². The van der Waals surface area contributed by atoms with Gasteiger partial charge in [-0.3, -0.25) is 0 Å². The molecule has 0 aromatic heterocycles. The maximum Gasteiger partial charge on any atom is 0.318 e. The molecular formula is C21H25N3O3S. The van der Waals surface area contributed by atoms with Gasteiger partial charge in [-0.05, 0) is 24.0 Å². The highest BCUT2D eigenvalue weighted by molar-refractivity contribution is 7.90. The summed E-state index contributed by atoms with van der Waals surface area (Å²) in [6.07, 6.45) is 1.53. The predicted octanol–water partition coefficient (Wildman–Crippen LogP) is 2.60. The number of nitrogens with one attached hydrogen (secondary N) is 1. The molecule has 1 aliphatic carbocycles.